The van der Waals surface area contributed by atoms with Gasteiger partial charge < -0.3 is 10.9 Å². The second-order valence-corrected chi connectivity index (χ2v) is 4.02. The van der Waals surface area contributed by atoms with Crippen LogP contribution in [-0.4, -0.2) is 5.78 Å². The van der Waals surface area contributed by atoms with Gasteiger partial charge in [-0.25, -0.2) is 0 Å². The second kappa shape index (κ2) is 7.88. The van der Waals surface area contributed by atoms with Crippen LogP contribution >= 0.6 is 0 Å². The van der Waals surface area contributed by atoms with Crippen LogP contribution in [0.2, 0.25) is 0 Å². The molecule has 0 unspecified atom stereocenters. The topological polar surface area (TPSA) is 17.1 Å². The molecule has 0 aliphatic heterocycles. The summed E-state index contributed by atoms with van der Waals surface area (Å²) in [5.41, 5.74) is 1.07. The van der Waals surface area contributed by atoms with Crippen molar-refractivity contribution in [3.63, 3.8) is 0 Å². The first-order chi connectivity index (χ1) is 5.43. The molecule has 0 aliphatic carbocycles. The summed E-state index contributed by atoms with van der Waals surface area (Å²) >= 11 is 0. The van der Waals surface area contributed by atoms with Gasteiger partial charge in [0.05, 0.1) is 0 Å². The minimum Gasteiger partial charge on any atom is -0.428 e. The van der Waals surface area contributed by atoms with Crippen molar-refractivity contribution in [2.75, 3.05) is 0 Å². The molecule has 0 saturated heterocycles. The zero-order chi connectivity index (χ0) is 9.72. The maximum atomic E-state index is 11.2. The molecule has 73 valence electrons. The number of ketones is 1. The molecule has 0 aromatic carbocycles. The van der Waals surface area contributed by atoms with Crippen molar-refractivity contribution >= 4 is 5.78 Å². The Hall–Kier alpha value is 0.514. The van der Waals surface area contributed by atoms with Crippen LogP contribution in [0.1, 0.15) is 41.0 Å². The predicted molar refractivity (Wildman–Crippen MR) is 51.7 cm³/mol. The number of Topliss-reactive ketones (excluding diaryl/α,β-unsaturated/α-hetero) is 1. The van der Waals surface area contributed by atoms with Crippen LogP contribution in [-0.2, 0) is 37.5 Å². The number of allylic oxidation sites excluding steroid dienone is 2. The molecule has 0 aromatic rings. The first-order valence-electron chi connectivity index (χ1n) is 4.56. The summed E-state index contributed by atoms with van der Waals surface area (Å²) in [5.74, 6) is 0.803. The molecule has 0 atom stereocenters. The number of rotatable bonds is 4. The molecule has 0 fully saturated rings. The fraction of sp³-hybridized carbons (Fsp3) is 0.727. The molecule has 0 saturated carbocycles. The first kappa shape index (κ1) is 16.0. The van der Waals surface area contributed by atoms with Crippen LogP contribution in [0.4, 0.5) is 0 Å². The number of hydrogen-bond donors (Lipinski definition) is 0. The Morgan fingerprint density at radius 3 is 2.00 bits per heavy atom. The van der Waals surface area contributed by atoms with Gasteiger partial charge in [-0.3, -0.25) is 5.57 Å². The van der Waals surface area contributed by atoms with Crippen LogP contribution in [0, 0.1) is 17.9 Å². The fourth-order valence-corrected chi connectivity index (χ4v) is 1.02. The molecular formula is C11H19OY-. The van der Waals surface area contributed by atoms with Crippen molar-refractivity contribution in [1.82, 2.24) is 0 Å². The van der Waals surface area contributed by atoms with Gasteiger partial charge in [0.25, 0.3) is 0 Å². The Kier molecular flexibility index (Phi) is 9.67. The Balaban J connectivity index is 0. The third-order valence-corrected chi connectivity index (χ3v) is 1.58. The molecule has 0 rings (SSSR count). The molecule has 0 amide bonds. The molecular weight excluding hydrogens is 237 g/mol. The summed E-state index contributed by atoms with van der Waals surface area (Å²) in [5, 5.41) is 0. The molecule has 0 N–H and O–H groups in total. The van der Waals surface area contributed by atoms with E-state index >= 15 is 0 Å². The van der Waals surface area contributed by atoms with E-state index in [1.807, 2.05) is 20.8 Å². The van der Waals surface area contributed by atoms with E-state index in [-0.39, 0.29) is 44.4 Å². The van der Waals surface area contributed by atoms with Crippen molar-refractivity contribution < 1.29 is 37.5 Å². The Bertz CT molecular complexity index is 181. The van der Waals surface area contributed by atoms with Crippen molar-refractivity contribution in [2.45, 2.75) is 41.0 Å². The van der Waals surface area contributed by atoms with Gasteiger partial charge in [0.2, 0.25) is 0 Å². The predicted octanol–water partition coefficient (Wildman–Crippen LogP) is 3.00. The Labute approximate surface area is 107 Å². The van der Waals surface area contributed by atoms with Crippen LogP contribution in [0.15, 0.2) is 5.57 Å². The van der Waals surface area contributed by atoms with E-state index in [1.165, 1.54) is 0 Å². The molecule has 2 heteroatoms. The molecule has 1 radical (unpaired) electrons. The average Bonchev–Trinajstić information content (AvgIpc) is 1.84. The molecule has 0 aliphatic rings. The molecule has 0 spiro atoms. The number of carbonyl (C=O) groups is 1. The largest absolute Gasteiger partial charge is 0.428 e. The van der Waals surface area contributed by atoms with E-state index in [4.69, 9.17) is 0 Å². The smallest absolute Gasteiger partial charge is 0 e. The zero-order valence-electron chi connectivity index (χ0n) is 9.35. The fourth-order valence-electron chi connectivity index (χ4n) is 1.02. The van der Waals surface area contributed by atoms with Gasteiger partial charge in [-0.15, -0.1) is 0 Å². The molecule has 0 heterocycles. The van der Waals surface area contributed by atoms with Crippen LogP contribution in [0.3, 0.4) is 0 Å². The van der Waals surface area contributed by atoms with Crippen molar-refractivity contribution in [3.05, 3.63) is 11.6 Å². The summed E-state index contributed by atoms with van der Waals surface area (Å²) in [4.78, 5) is 11.2. The number of hydrogen-bond acceptors (Lipinski definition) is 1. The van der Waals surface area contributed by atoms with Gasteiger partial charge in [-0.05, 0) is 17.6 Å². The molecule has 0 bridgehead atoms. The van der Waals surface area contributed by atoms with Crippen molar-refractivity contribution in [1.29, 1.82) is 0 Å². The summed E-state index contributed by atoms with van der Waals surface area (Å²) in [6.45, 7) is 10.1. The Morgan fingerprint density at radius 2 is 1.69 bits per heavy atom. The van der Waals surface area contributed by atoms with Crippen LogP contribution < -0.4 is 0 Å². The van der Waals surface area contributed by atoms with E-state index in [0.717, 1.165) is 12.0 Å². The van der Waals surface area contributed by atoms with Gasteiger partial charge in [-0.2, -0.15) is 0 Å². The standard InChI is InChI=1S/C11H19O.Y/c1-8(2)6-10(5)7-11(12)9(3)4;/h8-9H,6H2,1-5H3;/q-1;. The van der Waals surface area contributed by atoms with Gasteiger partial charge >= 0.3 is 0 Å². The second-order valence-electron chi connectivity index (χ2n) is 4.02. The number of carbonyl (C=O) groups excluding carboxylic acids is 1. The Morgan fingerprint density at radius 1 is 1.23 bits per heavy atom. The SMILES string of the molecule is CC(=[C-]C(=O)C(C)C)CC(C)C.[Y]. The summed E-state index contributed by atoms with van der Waals surface area (Å²) < 4.78 is 0. The third-order valence-electron chi connectivity index (χ3n) is 1.58. The normalized spacial score (nSPS) is 11.8. The molecule has 1 nitrogen and oxygen atoms in total. The van der Waals surface area contributed by atoms with Gasteiger partial charge in [-0.1, -0.05) is 41.0 Å². The quantitative estimate of drug-likeness (QED) is 0.558. The summed E-state index contributed by atoms with van der Waals surface area (Å²) in [7, 11) is 0. The average molecular weight is 256 g/mol. The van der Waals surface area contributed by atoms with E-state index in [1.54, 1.807) is 0 Å². The van der Waals surface area contributed by atoms with E-state index < -0.39 is 0 Å². The molecule has 0 aromatic heterocycles. The van der Waals surface area contributed by atoms with Crippen molar-refractivity contribution in [3.8, 4) is 0 Å². The monoisotopic (exact) mass is 256 g/mol. The minimum absolute atomic E-state index is 0. The summed E-state index contributed by atoms with van der Waals surface area (Å²) in [6, 6.07) is 0. The van der Waals surface area contributed by atoms with Crippen LogP contribution in [0.25, 0.3) is 0 Å². The van der Waals surface area contributed by atoms with E-state index in [0.29, 0.717) is 5.92 Å². The van der Waals surface area contributed by atoms with Crippen molar-refractivity contribution in [2.24, 2.45) is 11.8 Å². The van der Waals surface area contributed by atoms with Gasteiger partial charge in [0.15, 0.2) is 0 Å². The van der Waals surface area contributed by atoms with Gasteiger partial charge in [0.1, 0.15) is 0 Å². The third kappa shape index (κ3) is 8.83. The zero-order valence-corrected chi connectivity index (χ0v) is 12.2. The van der Waals surface area contributed by atoms with Crippen LogP contribution in [0.5, 0.6) is 0 Å². The maximum Gasteiger partial charge on any atom is 0 e. The minimum atomic E-state index is 0. The molecule has 13 heavy (non-hydrogen) atoms. The maximum absolute atomic E-state index is 11.2. The van der Waals surface area contributed by atoms with E-state index in [9.17, 15) is 4.79 Å². The van der Waals surface area contributed by atoms with E-state index in [2.05, 4.69) is 19.9 Å². The van der Waals surface area contributed by atoms with Gasteiger partial charge in [0, 0.05) is 32.7 Å². The first-order valence-corrected chi connectivity index (χ1v) is 4.56. The summed E-state index contributed by atoms with van der Waals surface area (Å²) in [6.07, 6.45) is 3.86.